The monoisotopic (exact) mass is 226 g/mol. The van der Waals surface area contributed by atoms with Crippen molar-refractivity contribution in [2.24, 2.45) is 5.92 Å². The Morgan fingerprint density at radius 2 is 2.12 bits per heavy atom. The Bertz CT molecular complexity index is 360. The average molecular weight is 226 g/mol. The van der Waals surface area contributed by atoms with Gasteiger partial charge in [0, 0.05) is 6.04 Å². The molecule has 1 aromatic heterocycles. The first kappa shape index (κ1) is 12.7. The molecule has 2 atom stereocenters. The highest BCUT2D eigenvalue weighted by Gasteiger charge is 2.22. The Morgan fingerprint density at radius 3 is 2.62 bits per heavy atom. The van der Waals surface area contributed by atoms with Gasteiger partial charge in [-0.2, -0.15) is 0 Å². The molecule has 1 heterocycles. The van der Waals surface area contributed by atoms with Crippen LogP contribution in [0.5, 0.6) is 0 Å². The number of aliphatic hydroxyl groups excluding tert-OH is 1. The molecule has 5 nitrogen and oxygen atoms in total. The van der Waals surface area contributed by atoms with Gasteiger partial charge in [-0.1, -0.05) is 6.92 Å². The van der Waals surface area contributed by atoms with E-state index in [0.717, 1.165) is 0 Å². The minimum atomic E-state index is -0.901. The van der Waals surface area contributed by atoms with Gasteiger partial charge in [-0.3, -0.25) is 4.79 Å². The van der Waals surface area contributed by atoms with Crippen molar-refractivity contribution in [1.82, 2.24) is 9.55 Å². The van der Waals surface area contributed by atoms with Crippen molar-refractivity contribution in [2.45, 2.75) is 39.3 Å². The second-order valence-electron chi connectivity index (χ2n) is 4.34. The van der Waals surface area contributed by atoms with Gasteiger partial charge in [0.15, 0.2) is 0 Å². The van der Waals surface area contributed by atoms with Gasteiger partial charge in [-0.05, 0) is 19.8 Å². The third-order valence-corrected chi connectivity index (χ3v) is 2.59. The largest absolute Gasteiger partial charge is 0.481 e. The normalized spacial score (nSPS) is 15.1. The fourth-order valence-corrected chi connectivity index (χ4v) is 1.65. The number of rotatable bonds is 5. The third kappa shape index (κ3) is 2.82. The topological polar surface area (TPSA) is 75.3 Å². The Labute approximate surface area is 94.7 Å². The van der Waals surface area contributed by atoms with Gasteiger partial charge < -0.3 is 14.8 Å². The predicted octanol–water partition coefficient (Wildman–Crippen LogP) is 1.61. The van der Waals surface area contributed by atoms with Gasteiger partial charge in [0.25, 0.3) is 0 Å². The number of aromatic nitrogens is 2. The lowest BCUT2D eigenvalue weighted by Crippen LogP contribution is -2.17. The Balaban J connectivity index is 2.83. The van der Waals surface area contributed by atoms with E-state index in [1.165, 1.54) is 0 Å². The summed E-state index contributed by atoms with van der Waals surface area (Å²) in [5.41, 5.74) is 0.670. The van der Waals surface area contributed by atoms with Crippen molar-refractivity contribution in [2.75, 3.05) is 0 Å². The summed E-state index contributed by atoms with van der Waals surface area (Å²) < 4.78 is 1.85. The van der Waals surface area contributed by atoms with Gasteiger partial charge in [0.05, 0.1) is 30.7 Å². The minimum Gasteiger partial charge on any atom is -0.481 e. The number of aliphatic hydroxyl groups is 1. The zero-order valence-corrected chi connectivity index (χ0v) is 9.79. The molecule has 0 fully saturated rings. The van der Waals surface area contributed by atoms with Crippen molar-refractivity contribution < 1.29 is 15.0 Å². The fraction of sp³-hybridized carbons (Fsp3) is 0.636. The molecule has 90 valence electrons. The lowest BCUT2D eigenvalue weighted by molar-refractivity contribution is -0.139. The number of carbonyl (C=O) groups is 1. The lowest BCUT2D eigenvalue weighted by Gasteiger charge is -2.20. The first-order chi connectivity index (χ1) is 7.43. The molecule has 0 spiro atoms. The van der Waals surface area contributed by atoms with Crippen LogP contribution in [0.25, 0.3) is 0 Å². The molecule has 5 heteroatoms. The zero-order chi connectivity index (χ0) is 12.3. The lowest BCUT2D eigenvalue weighted by atomic mass is 9.98. The van der Waals surface area contributed by atoms with Crippen molar-refractivity contribution >= 4 is 5.97 Å². The quantitative estimate of drug-likeness (QED) is 0.799. The molecule has 0 saturated carbocycles. The molecule has 1 rings (SSSR count). The van der Waals surface area contributed by atoms with Crippen LogP contribution in [-0.2, 0) is 4.79 Å². The average Bonchev–Trinajstić information content (AvgIpc) is 2.63. The number of aliphatic carboxylic acids is 1. The molecule has 0 radical (unpaired) electrons. The molecule has 16 heavy (non-hydrogen) atoms. The van der Waals surface area contributed by atoms with E-state index < -0.39 is 12.1 Å². The van der Waals surface area contributed by atoms with E-state index in [2.05, 4.69) is 4.98 Å². The number of nitrogens with zero attached hydrogens (tertiary/aromatic N) is 2. The molecule has 0 aromatic carbocycles. The summed E-state index contributed by atoms with van der Waals surface area (Å²) in [4.78, 5) is 14.6. The van der Waals surface area contributed by atoms with Crippen LogP contribution in [-0.4, -0.2) is 25.7 Å². The number of carboxylic acid groups (broad SMARTS) is 1. The number of imidazole rings is 1. The molecule has 2 N–H and O–H groups in total. The maximum Gasteiger partial charge on any atom is 0.303 e. The summed E-state index contributed by atoms with van der Waals surface area (Å²) in [6.45, 7) is 5.69. The Morgan fingerprint density at radius 1 is 1.50 bits per heavy atom. The second kappa shape index (κ2) is 5.12. The van der Waals surface area contributed by atoms with Crippen LogP contribution < -0.4 is 0 Å². The van der Waals surface area contributed by atoms with Gasteiger partial charge in [0.1, 0.15) is 0 Å². The molecule has 0 bridgehead atoms. The van der Waals surface area contributed by atoms with Crippen molar-refractivity contribution in [1.29, 1.82) is 0 Å². The van der Waals surface area contributed by atoms with E-state index in [4.69, 9.17) is 5.11 Å². The van der Waals surface area contributed by atoms with Gasteiger partial charge in [-0.15, -0.1) is 0 Å². The first-order valence-corrected chi connectivity index (χ1v) is 5.35. The molecule has 0 amide bonds. The highest BCUT2D eigenvalue weighted by Crippen LogP contribution is 2.25. The minimum absolute atomic E-state index is 0.0511. The standard InChI is InChI=1S/C11H18N2O3/c1-7(2)13-6-12-5-9(13)11(16)8(3)4-10(14)15/h5-8,11,16H,4H2,1-3H3,(H,14,15). The summed E-state index contributed by atoms with van der Waals surface area (Å²) in [7, 11) is 0. The first-order valence-electron chi connectivity index (χ1n) is 5.35. The summed E-state index contributed by atoms with van der Waals surface area (Å²) in [5.74, 6) is -1.23. The van der Waals surface area contributed by atoms with E-state index in [0.29, 0.717) is 5.69 Å². The summed E-state index contributed by atoms with van der Waals surface area (Å²) in [5, 5.41) is 18.7. The van der Waals surface area contributed by atoms with E-state index in [1.807, 2.05) is 18.4 Å². The van der Waals surface area contributed by atoms with Gasteiger partial charge >= 0.3 is 5.97 Å². The van der Waals surface area contributed by atoms with Crippen molar-refractivity contribution in [3.63, 3.8) is 0 Å². The summed E-state index contributed by atoms with van der Waals surface area (Å²) >= 11 is 0. The maximum atomic E-state index is 10.6. The van der Waals surface area contributed by atoms with Gasteiger partial charge in [-0.25, -0.2) is 4.98 Å². The molecule has 0 aliphatic rings. The molecule has 1 aromatic rings. The second-order valence-corrected chi connectivity index (χ2v) is 4.34. The van der Waals surface area contributed by atoms with Crippen LogP contribution in [0.1, 0.15) is 45.0 Å². The fourth-order valence-electron chi connectivity index (χ4n) is 1.65. The van der Waals surface area contributed by atoms with Crippen LogP contribution in [0.15, 0.2) is 12.5 Å². The smallest absolute Gasteiger partial charge is 0.303 e. The Hall–Kier alpha value is -1.36. The number of hydrogen-bond acceptors (Lipinski definition) is 3. The maximum absolute atomic E-state index is 10.6. The predicted molar refractivity (Wildman–Crippen MR) is 59.0 cm³/mol. The summed E-state index contributed by atoms with van der Waals surface area (Å²) in [6.07, 6.45) is 2.39. The van der Waals surface area contributed by atoms with Gasteiger partial charge in [0.2, 0.25) is 0 Å². The third-order valence-electron chi connectivity index (χ3n) is 2.59. The van der Waals surface area contributed by atoms with E-state index >= 15 is 0 Å². The van der Waals surface area contributed by atoms with Crippen LogP contribution in [0, 0.1) is 5.92 Å². The van der Waals surface area contributed by atoms with Crippen LogP contribution in [0.2, 0.25) is 0 Å². The van der Waals surface area contributed by atoms with Crippen LogP contribution in [0.4, 0.5) is 0 Å². The van der Waals surface area contributed by atoms with Crippen molar-refractivity contribution in [3.8, 4) is 0 Å². The molecular weight excluding hydrogens is 208 g/mol. The molecule has 0 saturated heterocycles. The SMILES string of the molecule is CC(CC(=O)O)C(O)c1cncn1C(C)C. The molecule has 0 aliphatic heterocycles. The molecular formula is C11H18N2O3. The summed E-state index contributed by atoms with van der Waals surface area (Å²) in [6, 6.07) is 0.198. The number of carboxylic acids is 1. The highest BCUT2D eigenvalue weighted by atomic mass is 16.4. The van der Waals surface area contributed by atoms with Crippen molar-refractivity contribution in [3.05, 3.63) is 18.2 Å². The van der Waals surface area contributed by atoms with E-state index in [-0.39, 0.29) is 18.4 Å². The van der Waals surface area contributed by atoms with Crippen LogP contribution >= 0.6 is 0 Å². The Kier molecular flexibility index (Phi) is 4.06. The number of hydrogen-bond donors (Lipinski definition) is 2. The zero-order valence-electron chi connectivity index (χ0n) is 9.79. The molecule has 0 aliphatic carbocycles. The van der Waals surface area contributed by atoms with E-state index in [1.54, 1.807) is 19.4 Å². The molecule has 2 unspecified atom stereocenters. The van der Waals surface area contributed by atoms with Crippen LogP contribution in [0.3, 0.4) is 0 Å². The van der Waals surface area contributed by atoms with E-state index in [9.17, 15) is 9.90 Å². The highest BCUT2D eigenvalue weighted by molar-refractivity contribution is 5.67.